The number of hydrogen-bond acceptors (Lipinski definition) is 3. The first-order valence-corrected chi connectivity index (χ1v) is 8.43. The first-order chi connectivity index (χ1) is 12.3. The van der Waals surface area contributed by atoms with Gasteiger partial charge in [0, 0.05) is 5.69 Å². The van der Waals surface area contributed by atoms with Crippen LogP contribution in [0.1, 0.15) is 24.1 Å². The molecule has 0 saturated heterocycles. The van der Waals surface area contributed by atoms with E-state index in [0.29, 0.717) is 0 Å². The lowest BCUT2D eigenvalue weighted by atomic mass is 10.1. The van der Waals surface area contributed by atoms with Crippen LogP contribution in [-0.2, 0) is 9.59 Å². The van der Waals surface area contributed by atoms with Crippen LogP contribution in [0.25, 0.3) is 0 Å². The highest BCUT2D eigenvalue weighted by Gasteiger charge is 2.14. The van der Waals surface area contributed by atoms with Crippen molar-refractivity contribution >= 4 is 17.5 Å². The molecule has 0 bridgehead atoms. The van der Waals surface area contributed by atoms with E-state index in [4.69, 9.17) is 0 Å². The molecular weight excluding hydrogens is 333 g/mol. The molecular formula is C20H24FN3O2. The van der Waals surface area contributed by atoms with Gasteiger partial charge in [-0.15, -0.1) is 0 Å². The zero-order valence-corrected chi connectivity index (χ0v) is 15.3. The van der Waals surface area contributed by atoms with Crippen LogP contribution >= 0.6 is 0 Å². The third-order valence-corrected chi connectivity index (χ3v) is 3.91. The van der Waals surface area contributed by atoms with Crippen LogP contribution in [0.15, 0.2) is 48.5 Å². The summed E-state index contributed by atoms with van der Waals surface area (Å²) in [5, 5.41) is 5.64. The summed E-state index contributed by atoms with van der Waals surface area (Å²) in [5.41, 5.74) is 2.66. The number of amides is 2. The summed E-state index contributed by atoms with van der Waals surface area (Å²) in [6, 6.07) is 13.3. The molecule has 2 rings (SSSR count). The molecule has 138 valence electrons. The lowest BCUT2D eigenvalue weighted by Gasteiger charge is -2.19. The number of carbonyl (C=O) groups excluding carboxylic acids is 2. The van der Waals surface area contributed by atoms with Crippen LogP contribution < -0.4 is 10.6 Å². The monoisotopic (exact) mass is 357 g/mol. The minimum atomic E-state index is -0.313. The highest BCUT2D eigenvalue weighted by Crippen LogP contribution is 2.12. The van der Waals surface area contributed by atoms with Gasteiger partial charge in [0.2, 0.25) is 11.8 Å². The number of nitrogens with zero attached hydrogens (tertiary/aromatic N) is 1. The fourth-order valence-corrected chi connectivity index (χ4v) is 2.51. The van der Waals surface area contributed by atoms with Crippen molar-refractivity contribution in [1.82, 2.24) is 10.2 Å². The molecule has 2 N–H and O–H groups in total. The summed E-state index contributed by atoms with van der Waals surface area (Å²) in [7, 11) is 1.71. The second-order valence-corrected chi connectivity index (χ2v) is 6.43. The zero-order valence-electron chi connectivity index (χ0n) is 15.3. The Bertz CT molecular complexity index is 745. The van der Waals surface area contributed by atoms with Crippen LogP contribution in [0.5, 0.6) is 0 Å². The van der Waals surface area contributed by atoms with E-state index in [1.807, 2.05) is 38.1 Å². The predicted molar refractivity (Wildman–Crippen MR) is 100 cm³/mol. The predicted octanol–water partition coefficient (Wildman–Crippen LogP) is 2.88. The molecule has 0 aromatic heterocycles. The van der Waals surface area contributed by atoms with Crippen LogP contribution in [0.4, 0.5) is 10.1 Å². The average molecular weight is 357 g/mol. The van der Waals surface area contributed by atoms with Gasteiger partial charge in [-0.25, -0.2) is 4.39 Å². The van der Waals surface area contributed by atoms with Gasteiger partial charge in [0.25, 0.3) is 0 Å². The zero-order chi connectivity index (χ0) is 19.1. The van der Waals surface area contributed by atoms with Gasteiger partial charge in [-0.2, -0.15) is 0 Å². The Balaban J connectivity index is 1.78. The highest BCUT2D eigenvalue weighted by atomic mass is 19.1. The molecule has 0 heterocycles. The molecule has 0 saturated carbocycles. The van der Waals surface area contributed by atoms with Crippen molar-refractivity contribution in [3.8, 4) is 0 Å². The van der Waals surface area contributed by atoms with E-state index >= 15 is 0 Å². The molecule has 26 heavy (non-hydrogen) atoms. The molecule has 0 radical (unpaired) electrons. The van der Waals surface area contributed by atoms with Gasteiger partial charge in [-0.1, -0.05) is 29.8 Å². The van der Waals surface area contributed by atoms with E-state index in [0.717, 1.165) is 16.8 Å². The number of benzene rings is 2. The van der Waals surface area contributed by atoms with Gasteiger partial charge < -0.3 is 10.6 Å². The molecule has 0 spiro atoms. The number of likely N-dealkylation sites (N-methyl/N-ethyl adjacent to an activating group) is 1. The Morgan fingerprint density at radius 2 is 1.58 bits per heavy atom. The van der Waals surface area contributed by atoms with Crippen LogP contribution in [0.2, 0.25) is 0 Å². The van der Waals surface area contributed by atoms with Crippen LogP contribution in [0.3, 0.4) is 0 Å². The van der Waals surface area contributed by atoms with Gasteiger partial charge in [0.15, 0.2) is 0 Å². The van der Waals surface area contributed by atoms with Gasteiger partial charge in [0.1, 0.15) is 5.82 Å². The molecule has 0 aliphatic rings. The van der Waals surface area contributed by atoms with Gasteiger partial charge >= 0.3 is 0 Å². The molecule has 2 aromatic carbocycles. The molecule has 0 fully saturated rings. The Hall–Kier alpha value is -2.73. The molecule has 5 nitrogen and oxygen atoms in total. The number of halogens is 1. The summed E-state index contributed by atoms with van der Waals surface area (Å²) in [5.74, 6) is -0.699. The van der Waals surface area contributed by atoms with Crippen molar-refractivity contribution in [1.29, 1.82) is 0 Å². The summed E-state index contributed by atoms with van der Waals surface area (Å²) >= 11 is 0. The lowest BCUT2D eigenvalue weighted by Crippen LogP contribution is -2.39. The summed E-state index contributed by atoms with van der Waals surface area (Å²) < 4.78 is 13.0. The molecule has 1 unspecified atom stereocenters. The standard InChI is InChI=1S/C20H24FN3O2/c1-14-4-10-18(11-5-14)23-20(26)13-24(3)12-19(25)22-15(2)16-6-8-17(21)9-7-16/h4-11,15H,12-13H2,1-3H3,(H,22,25)(H,23,26). The van der Waals surface area contributed by atoms with Crippen molar-refractivity contribution < 1.29 is 14.0 Å². The van der Waals surface area contributed by atoms with E-state index in [2.05, 4.69) is 10.6 Å². The molecule has 6 heteroatoms. The van der Waals surface area contributed by atoms with E-state index in [9.17, 15) is 14.0 Å². The highest BCUT2D eigenvalue weighted by molar-refractivity contribution is 5.92. The van der Waals surface area contributed by atoms with Crippen molar-refractivity contribution in [2.24, 2.45) is 0 Å². The third-order valence-electron chi connectivity index (χ3n) is 3.91. The summed E-state index contributed by atoms with van der Waals surface area (Å²) in [6.07, 6.45) is 0. The minimum Gasteiger partial charge on any atom is -0.348 e. The second-order valence-electron chi connectivity index (χ2n) is 6.43. The molecule has 1 atom stereocenters. The van der Waals surface area contributed by atoms with Crippen LogP contribution in [-0.4, -0.2) is 36.9 Å². The Labute approximate surface area is 153 Å². The van der Waals surface area contributed by atoms with E-state index in [1.54, 1.807) is 24.1 Å². The topological polar surface area (TPSA) is 61.4 Å². The molecule has 0 aliphatic heterocycles. The molecule has 2 amide bonds. The Morgan fingerprint density at radius 3 is 2.19 bits per heavy atom. The summed E-state index contributed by atoms with van der Waals surface area (Å²) in [4.78, 5) is 25.8. The van der Waals surface area contributed by atoms with Gasteiger partial charge in [-0.05, 0) is 50.7 Å². The van der Waals surface area contributed by atoms with Gasteiger partial charge in [0.05, 0.1) is 19.1 Å². The fourth-order valence-electron chi connectivity index (χ4n) is 2.51. The van der Waals surface area contributed by atoms with Crippen molar-refractivity contribution in [2.75, 3.05) is 25.5 Å². The Morgan fingerprint density at radius 1 is 1.00 bits per heavy atom. The lowest BCUT2D eigenvalue weighted by molar-refractivity contribution is -0.123. The van der Waals surface area contributed by atoms with Crippen molar-refractivity contribution in [3.63, 3.8) is 0 Å². The number of nitrogens with one attached hydrogen (secondary N) is 2. The normalized spacial score (nSPS) is 11.9. The molecule has 2 aromatic rings. The molecule has 0 aliphatic carbocycles. The number of aryl methyl sites for hydroxylation is 1. The second kappa shape index (κ2) is 9.10. The number of anilines is 1. The first-order valence-electron chi connectivity index (χ1n) is 8.43. The fraction of sp³-hybridized carbons (Fsp3) is 0.300. The van der Waals surface area contributed by atoms with E-state index in [-0.39, 0.29) is 36.8 Å². The number of rotatable bonds is 7. The SMILES string of the molecule is Cc1ccc(NC(=O)CN(C)CC(=O)NC(C)c2ccc(F)cc2)cc1. The van der Waals surface area contributed by atoms with E-state index < -0.39 is 0 Å². The van der Waals surface area contributed by atoms with Crippen molar-refractivity contribution in [3.05, 3.63) is 65.5 Å². The van der Waals surface area contributed by atoms with E-state index in [1.165, 1.54) is 12.1 Å². The smallest absolute Gasteiger partial charge is 0.238 e. The number of carbonyl (C=O) groups is 2. The summed E-state index contributed by atoms with van der Waals surface area (Å²) in [6.45, 7) is 4.00. The maximum Gasteiger partial charge on any atom is 0.238 e. The third kappa shape index (κ3) is 6.29. The maximum atomic E-state index is 13.0. The first kappa shape index (κ1) is 19.6. The largest absolute Gasteiger partial charge is 0.348 e. The quantitative estimate of drug-likeness (QED) is 0.801. The maximum absolute atomic E-state index is 13.0. The average Bonchev–Trinajstić information content (AvgIpc) is 2.57. The minimum absolute atomic E-state index is 0.0901. The number of hydrogen-bond donors (Lipinski definition) is 2. The van der Waals surface area contributed by atoms with Crippen LogP contribution in [0, 0.1) is 12.7 Å². The van der Waals surface area contributed by atoms with Crippen molar-refractivity contribution in [2.45, 2.75) is 19.9 Å². The Kier molecular flexibility index (Phi) is 6.86. The van der Waals surface area contributed by atoms with Gasteiger partial charge in [-0.3, -0.25) is 14.5 Å².